The van der Waals surface area contributed by atoms with Crippen molar-refractivity contribution >= 4 is 48.2 Å². The van der Waals surface area contributed by atoms with Crippen LogP contribution in [0.25, 0.3) is 0 Å². The molecule has 45 heavy (non-hydrogen) atoms. The molecule has 11 nitrogen and oxygen atoms in total. The zero-order valence-electron chi connectivity index (χ0n) is 24.1. The van der Waals surface area contributed by atoms with E-state index in [4.69, 9.17) is 35.0 Å². The Kier molecular flexibility index (Phi) is 19.3. The Morgan fingerprint density at radius 3 is 2.09 bits per heavy atom. The fourth-order valence-electron chi connectivity index (χ4n) is 3.44. The second-order valence-electron chi connectivity index (χ2n) is 9.00. The van der Waals surface area contributed by atoms with Gasteiger partial charge in [-0.25, -0.2) is 14.4 Å². The minimum atomic E-state index is -5.08. The van der Waals surface area contributed by atoms with Crippen LogP contribution in [0.5, 0.6) is 5.75 Å². The van der Waals surface area contributed by atoms with E-state index in [0.717, 1.165) is 11.5 Å². The van der Waals surface area contributed by atoms with Crippen LogP contribution in [0.3, 0.4) is 0 Å². The maximum absolute atomic E-state index is 13.1. The largest absolute Gasteiger partial charge is 0.490 e. The van der Waals surface area contributed by atoms with Crippen LogP contribution in [0.2, 0.25) is 0 Å². The van der Waals surface area contributed by atoms with Gasteiger partial charge in [-0.1, -0.05) is 30.4 Å². The first-order chi connectivity index (χ1) is 20.9. The van der Waals surface area contributed by atoms with E-state index in [1.165, 1.54) is 7.11 Å². The number of nitrogens with two attached hydrogens (primary N) is 1. The summed E-state index contributed by atoms with van der Waals surface area (Å²) in [5.74, 6) is -4.06. The molecule has 1 aromatic rings. The third-order valence-corrected chi connectivity index (χ3v) is 6.61. The van der Waals surface area contributed by atoms with Crippen LogP contribution >= 0.6 is 24.4 Å². The maximum atomic E-state index is 13.1. The molecule has 5 N–H and O–H groups in total. The minimum Gasteiger partial charge on any atom is -0.489 e. The first-order valence-corrected chi connectivity index (χ1v) is 14.9. The van der Waals surface area contributed by atoms with Gasteiger partial charge >= 0.3 is 30.3 Å². The molecule has 2 rings (SSSR count). The smallest absolute Gasteiger partial charge is 0.489 e. The number of amides is 1. The number of likely N-dealkylation sites (tertiary alicyclic amines) is 1. The molecule has 1 saturated heterocycles. The lowest BCUT2D eigenvalue weighted by Gasteiger charge is -2.24. The van der Waals surface area contributed by atoms with E-state index in [1.807, 2.05) is 53.6 Å². The Labute approximate surface area is 264 Å². The third kappa shape index (κ3) is 17.8. The van der Waals surface area contributed by atoms with Crippen molar-refractivity contribution in [2.45, 2.75) is 49.4 Å². The number of nitrogens with one attached hydrogen (secondary N) is 1. The zero-order valence-corrected chi connectivity index (χ0v) is 25.8. The summed E-state index contributed by atoms with van der Waals surface area (Å²) in [6, 6.07) is 8.37. The van der Waals surface area contributed by atoms with Crippen molar-refractivity contribution in [2.75, 3.05) is 38.0 Å². The quantitative estimate of drug-likeness (QED) is 0.0944. The van der Waals surface area contributed by atoms with E-state index in [9.17, 15) is 35.9 Å². The van der Waals surface area contributed by atoms with Crippen LogP contribution in [-0.2, 0) is 23.9 Å². The molecule has 4 atom stereocenters. The van der Waals surface area contributed by atoms with Crippen molar-refractivity contribution in [1.29, 1.82) is 0 Å². The summed E-state index contributed by atoms with van der Waals surface area (Å²) in [7, 11) is 1.33. The number of hydrogen-bond acceptors (Lipinski definition) is 10. The number of carboxylic acid groups (broad SMARTS) is 2. The average molecular weight is 696 g/mol. The fourth-order valence-corrected chi connectivity index (χ4v) is 4.03. The number of thiol groups is 1. The van der Waals surface area contributed by atoms with Crippen LogP contribution in [0.4, 0.5) is 26.3 Å². The monoisotopic (exact) mass is 695 g/mol. The number of para-hydroxylation sites is 1. The summed E-state index contributed by atoms with van der Waals surface area (Å²) in [5.41, 5.74) is 5.90. The van der Waals surface area contributed by atoms with Gasteiger partial charge in [0.25, 0.3) is 0 Å². The predicted octanol–water partition coefficient (Wildman–Crippen LogP) is 3.00. The highest BCUT2D eigenvalue weighted by Crippen LogP contribution is 2.24. The van der Waals surface area contributed by atoms with Crippen LogP contribution in [-0.4, -0.2) is 113 Å². The number of benzene rings is 1. The number of rotatable bonds is 12. The maximum Gasteiger partial charge on any atom is 0.490 e. The number of carbonyl (C=O) groups excluding carboxylic acids is 2. The van der Waals surface area contributed by atoms with Gasteiger partial charge in [0.15, 0.2) is 0 Å². The van der Waals surface area contributed by atoms with Crippen LogP contribution < -0.4 is 15.8 Å². The van der Waals surface area contributed by atoms with Crippen LogP contribution in [0, 0.1) is 0 Å². The number of thioether (sulfide) groups is 1. The number of alkyl halides is 6. The second kappa shape index (κ2) is 20.8. The topological polar surface area (TPSA) is 168 Å². The first kappa shape index (κ1) is 41.8. The number of esters is 1. The molecule has 1 fully saturated rings. The number of nitrogens with zero attached hydrogens (tertiary/aromatic N) is 1. The SMILES string of the molecule is COC(=O)[C@@H](CCSC)NC(=O)[C@@H]1C[C@H](Oc2ccccc2)CN1C/C=C/[C@@H](N)CS.O=C(O)C(F)(F)F.O=C(O)C(F)(F)F. The number of methoxy groups -OCH3 is 1. The third-order valence-electron chi connectivity index (χ3n) is 5.55. The second-order valence-corrected chi connectivity index (χ2v) is 10.4. The van der Waals surface area contributed by atoms with Gasteiger partial charge in [-0.2, -0.15) is 50.7 Å². The highest BCUT2D eigenvalue weighted by atomic mass is 32.2. The molecule has 1 heterocycles. The van der Waals surface area contributed by atoms with E-state index < -0.39 is 42.3 Å². The summed E-state index contributed by atoms with van der Waals surface area (Å²) < 4.78 is 74.4. The molecule has 0 aliphatic carbocycles. The predicted molar refractivity (Wildman–Crippen MR) is 156 cm³/mol. The number of aliphatic carboxylic acids is 2. The van der Waals surface area contributed by atoms with Gasteiger partial charge in [0.05, 0.1) is 13.2 Å². The van der Waals surface area contributed by atoms with E-state index in [1.54, 1.807) is 11.8 Å². The number of carbonyl (C=O) groups is 4. The molecule has 0 aromatic heterocycles. The highest BCUT2D eigenvalue weighted by Gasteiger charge is 2.40. The zero-order chi connectivity index (χ0) is 34.8. The molecule has 1 amide bonds. The molecule has 1 aliphatic heterocycles. The lowest BCUT2D eigenvalue weighted by Crippen LogP contribution is -2.50. The van der Waals surface area contributed by atoms with Gasteiger partial charge in [-0.05, 0) is 30.6 Å². The van der Waals surface area contributed by atoms with Crippen molar-refractivity contribution in [3.8, 4) is 5.75 Å². The first-order valence-electron chi connectivity index (χ1n) is 12.8. The Bertz CT molecular complexity index is 1070. The Morgan fingerprint density at radius 2 is 1.64 bits per heavy atom. The normalized spacial score (nSPS) is 18.0. The van der Waals surface area contributed by atoms with Crippen molar-refractivity contribution in [2.24, 2.45) is 5.73 Å². The van der Waals surface area contributed by atoms with E-state index in [-0.39, 0.29) is 18.1 Å². The van der Waals surface area contributed by atoms with Crippen molar-refractivity contribution in [3.05, 3.63) is 42.5 Å². The van der Waals surface area contributed by atoms with Crippen molar-refractivity contribution < 1.29 is 65.2 Å². The molecule has 1 aromatic carbocycles. The van der Waals surface area contributed by atoms with Gasteiger partial charge in [0.1, 0.15) is 17.9 Å². The standard InChI is InChI=1S/C22H33N3O4S2.2C2HF3O2/c1-28-22(27)19(10-12-31-2)24-21(26)20-13-18(29-17-8-4-3-5-9-17)14-25(20)11-6-7-16(23)15-30;2*3-2(4,5)1(6)7/h3-9,16,18-20,30H,10-15,23H2,1-2H3,(H,24,26);2*(H,6,7)/b7-6+;;/t16-,18+,19-,20+;;/m1../s1. The molecule has 0 saturated carbocycles. The Morgan fingerprint density at radius 1 is 1.11 bits per heavy atom. The molecule has 256 valence electrons. The fraction of sp³-hybridized carbons (Fsp3) is 0.538. The van der Waals surface area contributed by atoms with Gasteiger partial charge in [-0.15, -0.1) is 0 Å². The van der Waals surface area contributed by atoms with Gasteiger partial charge < -0.3 is 30.7 Å². The van der Waals surface area contributed by atoms with E-state index >= 15 is 0 Å². The number of ether oxygens (including phenoxy) is 2. The van der Waals surface area contributed by atoms with Crippen LogP contribution in [0.15, 0.2) is 42.5 Å². The van der Waals surface area contributed by atoms with Gasteiger partial charge in [0.2, 0.25) is 5.91 Å². The molecule has 0 bridgehead atoms. The van der Waals surface area contributed by atoms with E-state index in [0.29, 0.717) is 31.7 Å². The lowest BCUT2D eigenvalue weighted by molar-refractivity contribution is -0.193. The van der Waals surface area contributed by atoms with Crippen molar-refractivity contribution in [3.63, 3.8) is 0 Å². The lowest BCUT2D eigenvalue weighted by atomic mass is 10.1. The Balaban J connectivity index is 0.00000114. The molecule has 0 unspecified atom stereocenters. The van der Waals surface area contributed by atoms with Gasteiger partial charge in [0, 0.05) is 31.3 Å². The van der Waals surface area contributed by atoms with Gasteiger partial charge in [-0.3, -0.25) is 9.69 Å². The summed E-state index contributed by atoms with van der Waals surface area (Å²) in [4.78, 5) is 45.1. The number of halogens is 6. The van der Waals surface area contributed by atoms with E-state index in [2.05, 4.69) is 17.9 Å². The molecule has 1 aliphatic rings. The van der Waals surface area contributed by atoms with Crippen LogP contribution in [0.1, 0.15) is 12.8 Å². The average Bonchev–Trinajstić information content (AvgIpc) is 3.37. The summed E-state index contributed by atoms with van der Waals surface area (Å²) >= 11 is 5.81. The summed E-state index contributed by atoms with van der Waals surface area (Å²) in [5, 5.41) is 17.1. The molecular formula is C26H35F6N3O8S2. The minimum absolute atomic E-state index is 0.132. The molecular weight excluding hydrogens is 660 g/mol. The number of hydrogen-bond donors (Lipinski definition) is 5. The summed E-state index contributed by atoms with van der Waals surface area (Å²) in [6.07, 6.45) is -3.44. The van der Waals surface area contributed by atoms with Crippen molar-refractivity contribution in [1.82, 2.24) is 10.2 Å². The molecule has 19 heteroatoms. The Hall–Kier alpha value is -3.16. The molecule has 0 spiro atoms. The number of carboxylic acids is 2. The highest BCUT2D eigenvalue weighted by molar-refractivity contribution is 7.98. The molecule has 0 radical (unpaired) electrons. The summed E-state index contributed by atoms with van der Waals surface area (Å²) in [6.45, 7) is 1.16.